The molecule has 2 aromatic rings. The Morgan fingerprint density at radius 1 is 1.25 bits per heavy atom. The van der Waals surface area contributed by atoms with Crippen molar-refractivity contribution in [1.29, 1.82) is 0 Å². The highest BCUT2D eigenvalue weighted by atomic mass is 16.5. The van der Waals surface area contributed by atoms with Gasteiger partial charge < -0.3 is 10.1 Å². The van der Waals surface area contributed by atoms with E-state index in [1.165, 1.54) is 0 Å². The Kier molecular flexibility index (Phi) is 5.06. The second-order valence-electron chi connectivity index (χ2n) is 4.26. The molecule has 0 radical (unpaired) electrons. The molecule has 0 aliphatic heterocycles. The van der Waals surface area contributed by atoms with Gasteiger partial charge in [-0.2, -0.15) is 0 Å². The molecule has 0 fully saturated rings. The Labute approximate surface area is 118 Å². The Morgan fingerprint density at radius 2 is 2.05 bits per heavy atom. The van der Waals surface area contributed by atoms with E-state index in [0.717, 1.165) is 17.8 Å². The number of aromatic nitrogens is 2. The van der Waals surface area contributed by atoms with Crippen molar-refractivity contribution in [2.75, 3.05) is 11.9 Å². The fraction of sp³-hybridized carbons (Fsp3) is 0.267. The highest BCUT2D eigenvalue weighted by molar-refractivity contribution is 5.89. The van der Waals surface area contributed by atoms with Gasteiger partial charge in [0.05, 0.1) is 30.6 Å². The van der Waals surface area contributed by atoms with Gasteiger partial charge in [0.25, 0.3) is 0 Å². The number of nitrogens with one attached hydrogen (secondary N) is 1. The third-order valence-electron chi connectivity index (χ3n) is 2.65. The average molecular weight is 271 g/mol. The topological polar surface area (TPSA) is 64.1 Å². The molecule has 0 bridgehead atoms. The molecule has 0 saturated heterocycles. The highest BCUT2D eigenvalue weighted by Crippen LogP contribution is 2.11. The van der Waals surface area contributed by atoms with E-state index in [1.807, 2.05) is 19.1 Å². The normalized spacial score (nSPS) is 10.1. The number of anilines is 1. The summed E-state index contributed by atoms with van der Waals surface area (Å²) < 4.78 is 5.07. The Balaban J connectivity index is 1.90. The quantitative estimate of drug-likeness (QED) is 0.818. The van der Waals surface area contributed by atoms with Gasteiger partial charge in [-0.3, -0.25) is 9.97 Å². The standard InChI is InChI=1S/C15H17N3O2/c1-2-9-20-15(19)12-3-5-13(6-4-12)18-11-14-10-16-7-8-17-14/h3-8,10,18H,2,9,11H2,1H3. The van der Waals surface area contributed by atoms with E-state index in [-0.39, 0.29) is 5.97 Å². The van der Waals surface area contributed by atoms with Crippen molar-refractivity contribution in [1.82, 2.24) is 9.97 Å². The summed E-state index contributed by atoms with van der Waals surface area (Å²) in [5.74, 6) is -0.285. The van der Waals surface area contributed by atoms with Crippen LogP contribution in [0, 0.1) is 0 Å². The maximum absolute atomic E-state index is 11.6. The molecular weight excluding hydrogens is 254 g/mol. The van der Waals surface area contributed by atoms with E-state index in [1.54, 1.807) is 30.7 Å². The zero-order chi connectivity index (χ0) is 14.2. The number of nitrogens with zero attached hydrogens (tertiary/aromatic N) is 2. The number of carbonyl (C=O) groups is 1. The largest absolute Gasteiger partial charge is 0.462 e. The van der Waals surface area contributed by atoms with Crippen LogP contribution in [-0.2, 0) is 11.3 Å². The summed E-state index contributed by atoms with van der Waals surface area (Å²) >= 11 is 0. The molecule has 1 aromatic carbocycles. The van der Waals surface area contributed by atoms with Gasteiger partial charge in [0.2, 0.25) is 0 Å². The fourth-order valence-corrected chi connectivity index (χ4v) is 1.62. The van der Waals surface area contributed by atoms with Gasteiger partial charge in [-0.1, -0.05) is 6.92 Å². The van der Waals surface area contributed by atoms with E-state index >= 15 is 0 Å². The summed E-state index contributed by atoms with van der Waals surface area (Å²) in [7, 11) is 0. The minimum Gasteiger partial charge on any atom is -0.462 e. The second-order valence-corrected chi connectivity index (χ2v) is 4.26. The van der Waals surface area contributed by atoms with Crippen LogP contribution in [0.1, 0.15) is 29.4 Å². The van der Waals surface area contributed by atoms with Gasteiger partial charge in [0, 0.05) is 18.1 Å². The summed E-state index contributed by atoms with van der Waals surface area (Å²) in [4.78, 5) is 19.8. The number of esters is 1. The zero-order valence-electron chi connectivity index (χ0n) is 11.4. The summed E-state index contributed by atoms with van der Waals surface area (Å²) in [5.41, 5.74) is 2.34. The molecule has 5 nitrogen and oxygen atoms in total. The molecule has 20 heavy (non-hydrogen) atoms. The fourth-order valence-electron chi connectivity index (χ4n) is 1.62. The van der Waals surface area contributed by atoms with Crippen molar-refractivity contribution in [3.63, 3.8) is 0 Å². The van der Waals surface area contributed by atoms with Crippen molar-refractivity contribution in [3.8, 4) is 0 Å². The van der Waals surface area contributed by atoms with Gasteiger partial charge in [-0.15, -0.1) is 0 Å². The van der Waals surface area contributed by atoms with Gasteiger partial charge >= 0.3 is 5.97 Å². The van der Waals surface area contributed by atoms with Crippen LogP contribution in [0.4, 0.5) is 5.69 Å². The van der Waals surface area contributed by atoms with Crippen LogP contribution in [-0.4, -0.2) is 22.5 Å². The van der Waals surface area contributed by atoms with Crippen molar-refractivity contribution in [2.24, 2.45) is 0 Å². The SMILES string of the molecule is CCCOC(=O)c1ccc(NCc2cnccn2)cc1. The van der Waals surface area contributed by atoms with E-state index < -0.39 is 0 Å². The van der Waals surface area contributed by atoms with Crippen molar-refractivity contribution in [2.45, 2.75) is 19.9 Å². The van der Waals surface area contributed by atoms with Crippen LogP contribution in [0.15, 0.2) is 42.9 Å². The molecule has 0 aliphatic rings. The van der Waals surface area contributed by atoms with Gasteiger partial charge in [0.15, 0.2) is 0 Å². The summed E-state index contributed by atoms with van der Waals surface area (Å²) in [6.07, 6.45) is 5.83. The molecule has 0 spiro atoms. The Morgan fingerprint density at radius 3 is 2.70 bits per heavy atom. The molecule has 0 aliphatic carbocycles. The number of hydrogen-bond donors (Lipinski definition) is 1. The van der Waals surface area contributed by atoms with Crippen LogP contribution < -0.4 is 5.32 Å². The van der Waals surface area contributed by atoms with Crippen molar-refractivity contribution < 1.29 is 9.53 Å². The van der Waals surface area contributed by atoms with Crippen LogP contribution in [0.5, 0.6) is 0 Å². The highest BCUT2D eigenvalue weighted by Gasteiger charge is 2.05. The monoisotopic (exact) mass is 271 g/mol. The lowest BCUT2D eigenvalue weighted by molar-refractivity contribution is 0.0505. The zero-order valence-corrected chi connectivity index (χ0v) is 11.4. The average Bonchev–Trinajstić information content (AvgIpc) is 2.52. The van der Waals surface area contributed by atoms with Crippen molar-refractivity contribution in [3.05, 3.63) is 54.1 Å². The first-order chi connectivity index (χ1) is 9.79. The molecule has 2 rings (SSSR count). The molecule has 0 saturated carbocycles. The number of rotatable bonds is 6. The first-order valence-electron chi connectivity index (χ1n) is 6.55. The van der Waals surface area contributed by atoms with Crippen LogP contribution in [0.3, 0.4) is 0 Å². The summed E-state index contributed by atoms with van der Waals surface area (Å²) in [6.45, 7) is 3.01. The Bertz CT molecular complexity index is 541. The summed E-state index contributed by atoms with van der Waals surface area (Å²) in [5, 5.41) is 3.22. The predicted molar refractivity (Wildman–Crippen MR) is 76.4 cm³/mol. The number of hydrogen-bond acceptors (Lipinski definition) is 5. The third kappa shape index (κ3) is 4.05. The van der Waals surface area contributed by atoms with Gasteiger partial charge in [-0.25, -0.2) is 4.79 Å². The first kappa shape index (κ1) is 14.0. The Hall–Kier alpha value is -2.43. The molecule has 1 N–H and O–H groups in total. The lowest BCUT2D eigenvalue weighted by atomic mass is 10.2. The predicted octanol–water partition coefficient (Wildman–Crippen LogP) is 2.66. The number of carbonyl (C=O) groups excluding carboxylic acids is 1. The number of benzene rings is 1. The molecule has 0 unspecified atom stereocenters. The molecule has 0 atom stereocenters. The maximum Gasteiger partial charge on any atom is 0.338 e. The minimum absolute atomic E-state index is 0.285. The molecular formula is C15H17N3O2. The molecule has 1 heterocycles. The third-order valence-corrected chi connectivity index (χ3v) is 2.65. The maximum atomic E-state index is 11.6. The van der Waals surface area contributed by atoms with E-state index in [9.17, 15) is 4.79 Å². The molecule has 104 valence electrons. The number of ether oxygens (including phenoxy) is 1. The summed E-state index contributed by atoms with van der Waals surface area (Å²) in [6, 6.07) is 7.19. The van der Waals surface area contributed by atoms with E-state index in [2.05, 4.69) is 15.3 Å². The van der Waals surface area contributed by atoms with E-state index in [0.29, 0.717) is 18.7 Å². The second kappa shape index (κ2) is 7.23. The first-order valence-corrected chi connectivity index (χ1v) is 6.55. The van der Waals surface area contributed by atoms with Crippen molar-refractivity contribution >= 4 is 11.7 Å². The van der Waals surface area contributed by atoms with Gasteiger partial charge in [0.1, 0.15) is 0 Å². The van der Waals surface area contributed by atoms with E-state index in [4.69, 9.17) is 4.74 Å². The molecule has 0 amide bonds. The lowest BCUT2D eigenvalue weighted by Gasteiger charge is -2.07. The van der Waals surface area contributed by atoms with Crippen LogP contribution >= 0.6 is 0 Å². The smallest absolute Gasteiger partial charge is 0.338 e. The van der Waals surface area contributed by atoms with Crippen LogP contribution in [0.25, 0.3) is 0 Å². The lowest BCUT2D eigenvalue weighted by Crippen LogP contribution is -2.06. The minimum atomic E-state index is -0.285. The van der Waals surface area contributed by atoms with Gasteiger partial charge in [-0.05, 0) is 30.7 Å². The molecule has 5 heteroatoms. The van der Waals surface area contributed by atoms with Crippen LogP contribution in [0.2, 0.25) is 0 Å². The molecule has 1 aromatic heterocycles.